The number of carbonyl (C=O) groups is 3. The van der Waals surface area contributed by atoms with Gasteiger partial charge in [0.25, 0.3) is 11.8 Å². The molecule has 0 bridgehead atoms. The van der Waals surface area contributed by atoms with Gasteiger partial charge in [0.2, 0.25) is 0 Å². The maximum atomic E-state index is 13.7. The average Bonchev–Trinajstić information content (AvgIpc) is 3.53. The smallest absolute Gasteiger partial charge is 0.410 e. The SMILES string of the molecule is CC(C)(C)OC(=O)N1CCC(Oc2cc(N3CCCC3)ccc2C(=O)Nc2cnccc2C(=O)Nc2ccc(Cl)cn2)CC1. The second kappa shape index (κ2) is 13.5. The molecule has 2 aromatic heterocycles. The number of nitrogens with zero attached hydrogens (tertiary/aromatic N) is 4. The van der Waals surface area contributed by atoms with Crippen molar-refractivity contribution in [1.29, 1.82) is 0 Å². The molecule has 232 valence electrons. The lowest BCUT2D eigenvalue weighted by molar-refractivity contribution is 0.0126. The monoisotopic (exact) mass is 620 g/mol. The van der Waals surface area contributed by atoms with E-state index < -0.39 is 17.4 Å². The van der Waals surface area contributed by atoms with Crippen LogP contribution in [-0.2, 0) is 4.74 Å². The Balaban J connectivity index is 1.32. The molecule has 0 atom stereocenters. The third-order valence-electron chi connectivity index (χ3n) is 7.35. The molecule has 12 heteroatoms. The Kier molecular flexibility index (Phi) is 9.53. The van der Waals surface area contributed by atoms with E-state index in [1.54, 1.807) is 23.1 Å². The predicted molar refractivity (Wildman–Crippen MR) is 169 cm³/mol. The summed E-state index contributed by atoms with van der Waals surface area (Å²) in [5.74, 6) is -0.136. The topological polar surface area (TPSA) is 126 Å². The molecule has 0 radical (unpaired) electrons. The van der Waals surface area contributed by atoms with Crippen molar-refractivity contribution in [1.82, 2.24) is 14.9 Å². The molecule has 11 nitrogen and oxygen atoms in total. The third kappa shape index (κ3) is 7.96. The van der Waals surface area contributed by atoms with Gasteiger partial charge in [-0.25, -0.2) is 9.78 Å². The summed E-state index contributed by atoms with van der Waals surface area (Å²) in [6, 6.07) is 10.3. The Morgan fingerprint density at radius 2 is 1.64 bits per heavy atom. The minimum absolute atomic E-state index is 0.194. The van der Waals surface area contributed by atoms with Crippen LogP contribution in [0.1, 0.15) is 67.2 Å². The number of pyridine rings is 2. The van der Waals surface area contributed by atoms with Crippen LogP contribution in [0.4, 0.5) is 22.0 Å². The van der Waals surface area contributed by atoms with Crippen molar-refractivity contribution in [2.45, 2.75) is 58.2 Å². The Morgan fingerprint density at radius 3 is 2.32 bits per heavy atom. The van der Waals surface area contributed by atoms with Crippen molar-refractivity contribution >= 4 is 46.7 Å². The lowest BCUT2D eigenvalue weighted by Gasteiger charge is -2.34. The summed E-state index contributed by atoms with van der Waals surface area (Å²) < 4.78 is 12.0. The number of rotatable bonds is 7. The molecule has 0 unspecified atom stereocenters. The number of nitrogens with one attached hydrogen (secondary N) is 2. The molecule has 2 saturated heterocycles. The summed E-state index contributed by atoms with van der Waals surface area (Å²) in [5.41, 5.74) is 1.21. The number of hydrogen-bond acceptors (Lipinski definition) is 8. The molecular formula is C32H37ClN6O5. The van der Waals surface area contributed by atoms with E-state index in [1.165, 1.54) is 24.7 Å². The van der Waals surface area contributed by atoms with E-state index in [0.717, 1.165) is 31.6 Å². The van der Waals surface area contributed by atoms with Gasteiger partial charge in [-0.1, -0.05) is 11.6 Å². The van der Waals surface area contributed by atoms with Crippen LogP contribution in [0, 0.1) is 0 Å². The van der Waals surface area contributed by atoms with Crippen molar-refractivity contribution in [3.63, 3.8) is 0 Å². The van der Waals surface area contributed by atoms with Crippen LogP contribution in [-0.4, -0.2) is 70.7 Å². The highest BCUT2D eigenvalue weighted by atomic mass is 35.5. The maximum Gasteiger partial charge on any atom is 0.410 e. The van der Waals surface area contributed by atoms with Crippen molar-refractivity contribution in [3.05, 3.63) is 71.1 Å². The highest BCUT2D eigenvalue weighted by Crippen LogP contribution is 2.31. The Hall–Kier alpha value is -4.38. The second-order valence-corrected chi connectivity index (χ2v) is 12.3. The first-order chi connectivity index (χ1) is 21.1. The predicted octanol–water partition coefficient (Wildman–Crippen LogP) is 6.01. The number of anilines is 3. The quantitative estimate of drug-likeness (QED) is 0.329. The number of benzene rings is 1. The van der Waals surface area contributed by atoms with Gasteiger partial charge < -0.3 is 29.9 Å². The fourth-order valence-corrected chi connectivity index (χ4v) is 5.26. The number of likely N-dealkylation sites (tertiary alicyclic amines) is 1. The van der Waals surface area contributed by atoms with E-state index in [0.29, 0.717) is 48.1 Å². The first kappa shape index (κ1) is 31.1. The maximum absolute atomic E-state index is 13.7. The number of carbonyl (C=O) groups excluding carboxylic acids is 3. The minimum Gasteiger partial charge on any atom is -0.489 e. The molecular weight excluding hydrogens is 584 g/mol. The summed E-state index contributed by atoms with van der Waals surface area (Å²) >= 11 is 5.90. The highest BCUT2D eigenvalue weighted by molar-refractivity contribution is 6.30. The van der Waals surface area contributed by atoms with E-state index in [9.17, 15) is 14.4 Å². The standard InChI is InChI=1S/C32H37ClN6O5/c1-32(2,3)44-31(42)39-16-11-23(12-17-39)43-27-18-22(38-14-4-5-15-38)7-8-25(27)30(41)36-26-20-34-13-10-24(26)29(40)37-28-9-6-21(33)19-35-28/h6-10,13,18-20,23H,4-5,11-12,14-17H2,1-3H3,(H,36,41)(H,35,37,40). The Labute approximate surface area is 261 Å². The Morgan fingerprint density at radius 1 is 0.909 bits per heavy atom. The first-order valence-electron chi connectivity index (χ1n) is 14.8. The van der Waals surface area contributed by atoms with Gasteiger partial charge in [-0.3, -0.25) is 14.6 Å². The Bertz CT molecular complexity index is 1500. The largest absolute Gasteiger partial charge is 0.489 e. The number of amides is 3. The number of aromatic nitrogens is 2. The number of ether oxygens (including phenoxy) is 2. The molecule has 3 aromatic rings. The first-order valence-corrected chi connectivity index (χ1v) is 15.2. The molecule has 2 fully saturated rings. The lowest BCUT2D eigenvalue weighted by Crippen LogP contribution is -2.44. The molecule has 4 heterocycles. The number of halogens is 1. The normalized spacial score (nSPS) is 15.5. The summed E-state index contributed by atoms with van der Waals surface area (Å²) in [6.07, 6.45) is 7.21. The second-order valence-electron chi connectivity index (χ2n) is 11.9. The van der Waals surface area contributed by atoms with Crippen LogP contribution < -0.4 is 20.3 Å². The van der Waals surface area contributed by atoms with Gasteiger partial charge in [0.15, 0.2) is 0 Å². The lowest BCUT2D eigenvalue weighted by atomic mass is 10.1. The van der Waals surface area contributed by atoms with Gasteiger partial charge in [-0.05, 0) is 63.9 Å². The van der Waals surface area contributed by atoms with Crippen molar-refractivity contribution < 1.29 is 23.9 Å². The third-order valence-corrected chi connectivity index (χ3v) is 7.57. The molecule has 1 aromatic carbocycles. The molecule has 3 amide bonds. The van der Waals surface area contributed by atoms with Gasteiger partial charge in [0.1, 0.15) is 23.3 Å². The zero-order valence-corrected chi connectivity index (χ0v) is 25.9. The zero-order chi connectivity index (χ0) is 31.3. The molecule has 5 rings (SSSR count). The molecule has 2 aliphatic heterocycles. The molecule has 44 heavy (non-hydrogen) atoms. The van der Waals surface area contributed by atoms with Crippen LogP contribution in [0.5, 0.6) is 5.75 Å². The molecule has 0 saturated carbocycles. The van der Waals surface area contributed by atoms with Gasteiger partial charge in [-0.15, -0.1) is 0 Å². The molecule has 0 spiro atoms. The number of piperidine rings is 1. The summed E-state index contributed by atoms with van der Waals surface area (Å²) in [4.78, 5) is 51.5. The fourth-order valence-electron chi connectivity index (χ4n) is 5.15. The van der Waals surface area contributed by atoms with Crippen molar-refractivity contribution in [2.24, 2.45) is 0 Å². The summed E-state index contributed by atoms with van der Waals surface area (Å²) in [7, 11) is 0. The fraction of sp³-hybridized carbons (Fsp3) is 0.406. The van der Waals surface area contributed by atoms with Gasteiger partial charge >= 0.3 is 6.09 Å². The van der Waals surface area contributed by atoms with Crippen molar-refractivity contribution in [2.75, 3.05) is 41.7 Å². The summed E-state index contributed by atoms with van der Waals surface area (Å²) in [6.45, 7) is 8.40. The van der Waals surface area contributed by atoms with Gasteiger partial charge in [0, 0.05) is 63.2 Å². The van der Waals surface area contributed by atoms with E-state index in [-0.39, 0.29) is 23.4 Å². The van der Waals surface area contributed by atoms with E-state index in [2.05, 4.69) is 25.5 Å². The van der Waals surface area contributed by atoms with E-state index in [4.69, 9.17) is 21.1 Å². The van der Waals surface area contributed by atoms with Crippen LogP contribution in [0.15, 0.2) is 55.0 Å². The molecule has 2 N–H and O–H groups in total. The summed E-state index contributed by atoms with van der Waals surface area (Å²) in [5, 5.41) is 6.00. The van der Waals surface area contributed by atoms with Crippen LogP contribution in [0.2, 0.25) is 5.02 Å². The van der Waals surface area contributed by atoms with Crippen LogP contribution in [0.3, 0.4) is 0 Å². The zero-order valence-electron chi connectivity index (χ0n) is 25.1. The highest BCUT2D eigenvalue weighted by Gasteiger charge is 2.29. The van der Waals surface area contributed by atoms with Gasteiger partial charge in [-0.2, -0.15) is 0 Å². The van der Waals surface area contributed by atoms with Gasteiger partial charge in [0.05, 0.1) is 28.0 Å². The van der Waals surface area contributed by atoms with E-state index in [1.807, 2.05) is 32.9 Å². The van der Waals surface area contributed by atoms with Crippen LogP contribution in [0.25, 0.3) is 0 Å². The van der Waals surface area contributed by atoms with E-state index >= 15 is 0 Å². The molecule has 0 aliphatic carbocycles. The average molecular weight is 621 g/mol. The van der Waals surface area contributed by atoms with Crippen LogP contribution >= 0.6 is 11.6 Å². The minimum atomic E-state index is -0.565. The van der Waals surface area contributed by atoms with Crippen molar-refractivity contribution in [3.8, 4) is 5.75 Å². The number of hydrogen-bond donors (Lipinski definition) is 2. The molecule has 2 aliphatic rings.